The van der Waals surface area contributed by atoms with Gasteiger partial charge >= 0.3 is 0 Å². The Balaban J connectivity index is 1.95. The van der Waals surface area contributed by atoms with Gasteiger partial charge < -0.3 is 15.8 Å². The van der Waals surface area contributed by atoms with Gasteiger partial charge in [0, 0.05) is 17.1 Å². The molecular weight excluding hydrogens is 266 g/mol. The third kappa shape index (κ3) is 2.39. The summed E-state index contributed by atoms with van der Waals surface area (Å²) in [6, 6.07) is 9.40. The summed E-state index contributed by atoms with van der Waals surface area (Å²) in [5.74, 6) is -0.122. The van der Waals surface area contributed by atoms with Crippen LogP contribution in [0.2, 0.25) is 0 Å². The maximum absolute atomic E-state index is 12.6. The van der Waals surface area contributed by atoms with E-state index in [1.54, 1.807) is 0 Å². The van der Waals surface area contributed by atoms with Crippen molar-refractivity contribution in [2.75, 3.05) is 18.5 Å². The smallest absolute Gasteiger partial charge is 0.234 e. The minimum atomic E-state index is -0.702. The molecule has 5 nitrogen and oxygen atoms in total. The molecule has 1 saturated heterocycles. The molecule has 1 fully saturated rings. The van der Waals surface area contributed by atoms with Crippen LogP contribution in [0.25, 0.3) is 10.9 Å². The average molecular weight is 285 g/mol. The number of amides is 1. The number of aromatic nitrogens is 1. The van der Waals surface area contributed by atoms with Gasteiger partial charge in [-0.3, -0.25) is 9.78 Å². The van der Waals surface area contributed by atoms with Crippen molar-refractivity contribution < 1.29 is 9.53 Å². The predicted molar refractivity (Wildman–Crippen MR) is 82.0 cm³/mol. The van der Waals surface area contributed by atoms with E-state index in [4.69, 9.17) is 10.5 Å². The first-order chi connectivity index (χ1) is 10.0. The van der Waals surface area contributed by atoms with Gasteiger partial charge in [0.15, 0.2) is 0 Å². The fraction of sp³-hybridized carbons (Fsp3) is 0.375. The molecule has 1 aliphatic heterocycles. The lowest BCUT2D eigenvalue weighted by Crippen LogP contribution is -2.47. The Bertz CT molecular complexity index is 701. The van der Waals surface area contributed by atoms with Crippen LogP contribution in [0.15, 0.2) is 30.3 Å². The predicted octanol–water partition coefficient (Wildman–Crippen LogP) is 1.85. The summed E-state index contributed by atoms with van der Waals surface area (Å²) in [5, 5.41) is 3.96. The van der Waals surface area contributed by atoms with Crippen LogP contribution in [0.5, 0.6) is 0 Å². The Hall–Kier alpha value is -1.98. The first-order valence-corrected chi connectivity index (χ1v) is 7.02. The fourth-order valence-electron chi connectivity index (χ4n) is 2.53. The van der Waals surface area contributed by atoms with Crippen LogP contribution < -0.4 is 11.1 Å². The normalized spacial score (nSPS) is 25.2. The Labute approximate surface area is 123 Å². The lowest BCUT2D eigenvalue weighted by molar-refractivity contribution is -0.125. The summed E-state index contributed by atoms with van der Waals surface area (Å²) in [4.78, 5) is 17.1. The van der Waals surface area contributed by atoms with E-state index in [0.29, 0.717) is 18.9 Å². The zero-order chi connectivity index (χ0) is 15.0. The maximum Gasteiger partial charge on any atom is 0.234 e. The molecule has 0 aliphatic carbocycles. The molecule has 2 heterocycles. The Kier molecular flexibility index (Phi) is 3.39. The Morgan fingerprint density at radius 2 is 2.24 bits per heavy atom. The molecular formula is C16H19N3O2. The van der Waals surface area contributed by atoms with Crippen molar-refractivity contribution in [2.24, 2.45) is 11.1 Å². The number of nitrogens with two attached hydrogens (primary N) is 1. The molecule has 2 atom stereocenters. The Morgan fingerprint density at radius 1 is 1.43 bits per heavy atom. The minimum Gasteiger partial charge on any atom is -0.379 e. The van der Waals surface area contributed by atoms with Gasteiger partial charge in [0.1, 0.15) is 0 Å². The number of pyridine rings is 1. The molecule has 1 aliphatic rings. The zero-order valence-corrected chi connectivity index (χ0v) is 12.2. The molecule has 110 valence electrons. The van der Waals surface area contributed by atoms with Crippen molar-refractivity contribution in [2.45, 2.75) is 19.9 Å². The second-order valence-electron chi connectivity index (χ2n) is 5.82. The quantitative estimate of drug-likeness (QED) is 0.882. The summed E-state index contributed by atoms with van der Waals surface area (Å²) in [6.45, 7) is 4.53. The molecule has 0 spiro atoms. The molecule has 3 N–H and O–H groups in total. The number of aryl methyl sites for hydroxylation is 1. The summed E-state index contributed by atoms with van der Waals surface area (Å²) in [6.07, 6.45) is 0. The molecule has 21 heavy (non-hydrogen) atoms. The highest BCUT2D eigenvalue weighted by Crippen LogP contribution is 2.30. The number of carbonyl (C=O) groups is 1. The van der Waals surface area contributed by atoms with Gasteiger partial charge in [-0.1, -0.05) is 18.2 Å². The van der Waals surface area contributed by atoms with Gasteiger partial charge in [-0.05, 0) is 26.0 Å². The highest BCUT2D eigenvalue weighted by molar-refractivity contribution is 6.02. The molecule has 0 saturated carbocycles. The maximum atomic E-state index is 12.6. The number of benzene rings is 1. The highest BCUT2D eigenvalue weighted by atomic mass is 16.5. The molecule has 1 aromatic heterocycles. The van der Waals surface area contributed by atoms with Crippen LogP contribution in [0.4, 0.5) is 5.69 Å². The summed E-state index contributed by atoms with van der Waals surface area (Å²) in [5.41, 5.74) is 7.72. The van der Waals surface area contributed by atoms with Crippen molar-refractivity contribution in [1.29, 1.82) is 0 Å². The van der Waals surface area contributed by atoms with E-state index in [9.17, 15) is 4.79 Å². The van der Waals surface area contributed by atoms with E-state index in [-0.39, 0.29) is 11.9 Å². The van der Waals surface area contributed by atoms with E-state index in [0.717, 1.165) is 16.6 Å². The SMILES string of the molecule is Cc1ccc2cccc(NC(=O)C3(C)COCC3N)c2n1. The summed E-state index contributed by atoms with van der Waals surface area (Å²) < 4.78 is 5.34. The molecule has 2 unspecified atom stereocenters. The van der Waals surface area contributed by atoms with Crippen LogP contribution in [0, 0.1) is 12.3 Å². The van der Waals surface area contributed by atoms with Crippen LogP contribution >= 0.6 is 0 Å². The number of fused-ring (bicyclic) bond motifs is 1. The average Bonchev–Trinajstić information content (AvgIpc) is 2.80. The molecule has 0 radical (unpaired) electrons. The topological polar surface area (TPSA) is 77.2 Å². The fourth-order valence-corrected chi connectivity index (χ4v) is 2.53. The van der Waals surface area contributed by atoms with Gasteiger partial charge in [0.25, 0.3) is 0 Å². The van der Waals surface area contributed by atoms with Crippen LogP contribution in [-0.2, 0) is 9.53 Å². The van der Waals surface area contributed by atoms with Crippen LogP contribution in [-0.4, -0.2) is 30.1 Å². The number of nitrogens with zero attached hydrogens (tertiary/aromatic N) is 1. The van der Waals surface area contributed by atoms with E-state index >= 15 is 0 Å². The highest BCUT2D eigenvalue weighted by Gasteiger charge is 2.44. The van der Waals surface area contributed by atoms with Crippen molar-refractivity contribution >= 4 is 22.5 Å². The summed E-state index contributed by atoms with van der Waals surface area (Å²) in [7, 11) is 0. The van der Waals surface area contributed by atoms with Crippen molar-refractivity contribution in [3.8, 4) is 0 Å². The van der Waals surface area contributed by atoms with Crippen molar-refractivity contribution in [3.63, 3.8) is 0 Å². The number of ether oxygens (including phenoxy) is 1. The van der Waals surface area contributed by atoms with Gasteiger partial charge in [0.05, 0.1) is 29.8 Å². The third-order valence-corrected chi connectivity index (χ3v) is 4.14. The van der Waals surface area contributed by atoms with Crippen LogP contribution in [0.1, 0.15) is 12.6 Å². The zero-order valence-electron chi connectivity index (χ0n) is 12.2. The first-order valence-electron chi connectivity index (χ1n) is 7.02. The van der Waals surface area contributed by atoms with E-state index in [1.165, 1.54) is 0 Å². The second kappa shape index (κ2) is 5.09. The molecule has 3 rings (SSSR count). The number of rotatable bonds is 2. The Morgan fingerprint density at radius 3 is 2.95 bits per heavy atom. The van der Waals surface area contributed by atoms with Gasteiger partial charge in [-0.25, -0.2) is 0 Å². The molecule has 0 bridgehead atoms. The number of nitrogens with one attached hydrogen (secondary N) is 1. The minimum absolute atomic E-state index is 0.122. The van der Waals surface area contributed by atoms with Gasteiger partial charge in [-0.2, -0.15) is 0 Å². The number of para-hydroxylation sites is 1. The largest absolute Gasteiger partial charge is 0.379 e. The van der Waals surface area contributed by atoms with E-state index in [1.807, 2.05) is 44.2 Å². The number of anilines is 1. The third-order valence-electron chi connectivity index (χ3n) is 4.14. The van der Waals surface area contributed by atoms with E-state index in [2.05, 4.69) is 10.3 Å². The van der Waals surface area contributed by atoms with Gasteiger partial charge in [-0.15, -0.1) is 0 Å². The van der Waals surface area contributed by atoms with Gasteiger partial charge in [0.2, 0.25) is 5.91 Å². The first kappa shape index (κ1) is 14.0. The molecule has 5 heteroatoms. The standard InChI is InChI=1S/C16H19N3O2/c1-10-6-7-11-4-3-5-12(14(11)18-10)19-15(20)16(2)9-21-8-13(16)17/h3-7,13H,8-9,17H2,1-2H3,(H,19,20). The number of hydrogen-bond acceptors (Lipinski definition) is 4. The van der Waals surface area contributed by atoms with E-state index < -0.39 is 5.41 Å². The second-order valence-corrected chi connectivity index (χ2v) is 5.82. The van der Waals surface area contributed by atoms with Crippen molar-refractivity contribution in [1.82, 2.24) is 4.98 Å². The lowest BCUT2D eigenvalue weighted by atomic mass is 9.85. The van der Waals surface area contributed by atoms with Crippen LogP contribution in [0.3, 0.4) is 0 Å². The number of carbonyl (C=O) groups excluding carboxylic acids is 1. The van der Waals surface area contributed by atoms with Crippen molar-refractivity contribution in [3.05, 3.63) is 36.0 Å². The lowest BCUT2D eigenvalue weighted by Gasteiger charge is -2.25. The molecule has 1 aromatic carbocycles. The summed E-state index contributed by atoms with van der Waals surface area (Å²) >= 11 is 0. The monoisotopic (exact) mass is 285 g/mol. The molecule has 2 aromatic rings. The number of hydrogen-bond donors (Lipinski definition) is 2. The molecule has 1 amide bonds.